The van der Waals surface area contributed by atoms with Crippen LogP contribution in [-0.4, -0.2) is 33.0 Å². The van der Waals surface area contributed by atoms with E-state index < -0.39 is 11.8 Å². The van der Waals surface area contributed by atoms with Crippen molar-refractivity contribution in [1.82, 2.24) is 9.47 Å². The van der Waals surface area contributed by atoms with Crippen LogP contribution in [0.2, 0.25) is 5.02 Å². The summed E-state index contributed by atoms with van der Waals surface area (Å²) < 4.78 is 15.8. The summed E-state index contributed by atoms with van der Waals surface area (Å²) in [4.78, 5) is 25.3. The van der Waals surface area contributed by atoms with Gasteiger partial charge in [0.2, 0.25) is 5.91 Å². The van der Waals surface area contributed by atoms with E-state index in [0.717, 1.165) is 29.6 Å². The number of aliphatic carboxylic acids is 1. The zero-order chi connectivity index (χ0) is 22.7. The number of unbranched alkanes of at least 4 members (excludes halogenated alkanes) is 2. The minimum atomic E-state index is -0.796. The number of para-hydroxylation sites is 1. The van der Waals surface area contributed by atoms with Crippen LogP contribution in [0.1, 0.15) is 48.9 Å². The fourth-order valence-corrected chi connectivity index (χ4v) is 4.70. The maximum Gasteiger partial charge on any atom is 0.303 e. The molecule has 1 aromatic heterocycles. The van der Waals surface area contributed by atoms with Crippen LogP contribution in [-0.2, 0) is 29.1 Å². The van der Waals surface area contributed by atoms with Crippen LogP contribution in [0, 0.1) is 5.82 Å². The topological polar surface area (TPSA) is 62.5 Å². The van der Waals surface area contributed by atoms with Crippen LogP contribution in [0.3, 0.4) is 0 Å². The Morgan fingerprint density at radius 1 is 1.06 bits per heavy atom. The van der Waals surface area contributed by atoms with Crippen molar-refractivity contribution in [3.8, 4) is 0 Å². The van der Waals surface area contributed by atoms with E-state index in [1.807, 2.05) is 17.0 Å². The van der Waals surface area contributed by atoms with Gasteiger partial charge >= 0.3 is 5.97 Å². The number of rotatable bonds is 8. The van der Waals surface area contributed by atoms with Crippen molar-refractivity contribution in [2.45, 2.75) is 51.6 Å². The van der Waals surface area contributed by atoms with Gasteiger partial charge in [-0.1, -0.05) is 42.3 Å². The molecule has 0 spiro atoms. The first-order valence-corrected chi connectivity index (χ1v) is 11.3. The molecule has 1 amide bonds. The van der Waals surface area contributed by atoms with E-state index in [2.05, 4.69) is 16.7 Å². The van der Waals surface area contributed by atoms with Gasteiger partial charge in [0.25, 0.3) is 0 Å². The predicted molar refractivity (Wildman–Crippen MR) is 122 cm³/mol. The Morgan fingerprint density at radius 2 is 1.84 bits per heavy atom. The van der Waals surface area contributed by atoms with E-state index in [9.17, 15) is 14.0 Å². The number of aromatic nitrogens is 1. The first-order valence-electron chi connectivity index (χ1n) is 11.0. The number of hydrogen-bond donors (Lipinski definition) is 1. The minimum absolute atomic E-state index is 0.104. The van der Waals surface area contributed by atoms with Crippen molar-refractivity contribution in [1.29, 1.82) is 0 Å². The SMILES string of the molecule is O=C(O)CCCCCC(=O)N1CCc2c(n(Cc3ccc(F)c(Cl)c3)c3ccccc23)C1. The summed E-state index contributed by atoms with van der Waals surface area (Å²) in [5.41, 5.74) is 4.37. The maximum atomic E-state index is 13.6. The lowest BCUT2D eigenvalue weighted by Gasteiger charge is -2.29. The minimum Gasteiger partial charge on any atom is -0.481 e. The van der Waals surface area contributed by atoms with Gasteiger partial charge in [-0.25, -0.2) is 4.39 Å². The number of carbonyl (C=O) groups is 2. The molecule has 0 saturated heterocycles. The number of halogens is 2. The van der Waals surface area contributed by atoms with Gasteiger partial charge in [-0.05, 0) is 48.6 Å². The molecule has 1 N–H and O–H groups in total. The van der Waals surface area contributed by atoms with Crippen LogP contribution in [0.15, 0.2) is 42.5 Å². The normalized spacial score (nSPS) is 13.4. The molecule has 1 aliphatic heterocycles. The number of amides is 1. The largest absolute Gasteiger partial charge is 0.481 e. The molecular formula is C25H26ClFN2O3. The van der Waals surface area contributed by atoms with Crippen molar-refractivity contribution < 1.29 is 19.1 Å². The summed E-state index contributed by atoms with van der Waals surface area (Å²) in [7, 11) is 0. The third-order valence-electron chi connectivity index (χ3n) is 6.13. The lowest BCUT2D eigenvalue weighted by atomic mass is 10.0. The summed E-state index contributed by atoms with van der Waals surface area (Å²) in [6, 6.07) is 13.0. The highest BCUT2D eigenvalue weighted by Gasteiger charge is 2.26. The molecule has 3 aromatic rings. The van der Waals surface area contributed by atoms with Gasteiger partial charge in [0.1, 0.15) is 5.82 Å². The number of nitrogens with zero attached hydrogens (tertiary/aromatic N) is 2. The third kappa shape index (κ3) is 4.80. The van der Waals surface area contributed by atoms with E-state index >= 15 is 0 Å². The fourth-order valence-electron chi connectivity index (χ4n) is 4.50. The monoisotopic (exact) mass is 456 g/mol. The second-order valence-electron chi connectivity index (χ2n) is 8.30. The Hall–Kier alpha value is -2.86. The molecule has 0 bridgehead atoms. The quantitative estimate of drug-likeness (QED) is 0.461. The van der Waals surface area contributed by atoms with Crippen molar-refractivity contribution in [2.24, 2.45) is 0 Å². The highest BCUT2D eigenvalue weighted by Crippen LogP contribution is 2.32. The van der Waals surface area contributed by atoms with Crippen molar-refractivity contribution >= 4 is 34.4 Å². The first-order chi connectivity index (χ1) is 15.4. The highest BCUT2D eigenvalue weighted by atomic mass is 35.5. The lowest BCUT2D eigenvalue weighted by Crippen LogP contribution is -2.36. The van der Waals surface area contributed by atoms with Gasteiger partial charge in [-0.2, -0.15) is 0 Å². The molecule has 0 atom stereocenters. The zero-order valence-electron chi connectivity index (χ0n) is 17.8. The van der Waals surface area contributed by atoms with E-state index in [1.165, 1.54) is 17.0 Å². The average molecular weight is 457 g/mol. The Morgan fingerprint density at radius 3 is 2.62 bits per heavy atom. The number of carboxylic acid groups (broad SMARTS) is 1. The summed E-state index contributed by atoms with van der Waals surface area (Å²) in [6.45, 7) is 1.76. The Balaban J connectivity index is 1.53. The van der Waals surface area contributed by atoms with Crippen molar-refractivity contribution in [3.63, 3.8) is 0 Å². The molecule has 7 heteroatoms. The van der Waals surface area contributed by atoms with Gasteiger partial charge in [-0.15, -0.1) is 0 Å². The summed E-state index contributed by atoms with van der Waals surface area (Å²) in [5, 5.41) is 10.0. The third-order valence-corrected chi connectivity index (χ3v) is 6.41. The Bertz CT molecular complexity index is 1160. The Labute approximate surface area is 191 Å². The van der Waals surface area contributed by atoms with Crippen molar-refractivity contribution in [3.05, 3.63) is 70.1 Å². The summed E-state index contributed by atoms with van der Waals surface area (Å²) in [5.74, 6) is -1.13. The van der Waals surface area contributed by atoms with Gasteiger partial charge in [0.15, 0.2) is 0 Å². The zero-order valence-corrected chi connectivity index (χ0v) is 18.6. The standard InChI is InChI=1S/C25H26ClFN2O3/c26-20-14-17(10-11-21(20)27)15-29-22-7-5-4-6-18(22)19-12-13-28(16-23(19)29)24(30)8-2-1-3-9-25(31)32/h4-7,10-11,14H,1-3,8-9,12-13,15-16H2,(H,31,32). The molecule has 2 aromatic carbocycles. The molecule has 0 unspecified atom stereocenters. The molecule has 168 valence electrons. The van der Waals surface area contributed by atoms with Crippen LogP contribution >= 0.6 is 11.6 Å². The smallest absolute Gasteiger partial charge is 0.303 e. The van der Waals surface area contributed by atoms with Gasteiger partial charge in [-0.3, -0.25) is 9.59 Å². The molecule has 0 radical (unpaired) electrons. The van der Waals surface area contributed by atoms with Crippen LogP contribution in [0.25, 0.3) is 10.9 Å². The number of fused-ring (bicyclic) bond motifs is 3. The van der Waals surface area contributed by atoms with Gasteiger partial charge in [0.05, 0.1) is 11.6 Å². The maximum absolute atomic E-state index is 13.6. The predicted octanol–water partition coefficient (Wildman–Crippen LogP) is 5.40. The van der Waals surface area contributed by atoms with E-state index in [4.69, 9.17) is 16.7 Å². The molecule has 1 aliphatic rings. The van der Waals surface area contributed by atoms with Gasteiger partial charge < -0.3 is 14.6 Å². The fraction of sp³-hybridized carbons (Fsp3) is 0.360. The second-order valence-corrected chi connectivity index (χ2v) is 8.70. The van der Waals surface area contributed by atoms with Gasteiger partial charge in [0, 0.05) is 42.5 Å². The van der Waals surface area contributed by atoms with Crippen LogP contribution in [0.4, 0.5) is 4.39 Å². The number of carbonyl (C=O) groups excluding carboxylic acids is 1. The molecule has 4 rings (SSSR count). The van der Waals surface area contributed by atoms with Crippen LogP contribution < -0.4 is 0 Å². The average Bonchev–Trinajstić information content (AvgIpc) is 3.09. The molecule has 0 saturated carbocycles. The highest BCUT2D eigenvalue weighted by molar-refractivity contribution is 6.30. The lowest BCUT2D eigenvalue weighted by molar-refractivity contribution is -0.137. The second kappa shape index (κ2) is 9.74. The molecule has 0 fully saturated rings. The van der Waals surface area contributed by atoms with E-state index in [0.29, 0.717) is 38.9 Å². The molecule has 0 aliphatic carbocycles. The van der Waals surface area contributed by atoms with Crippen molar-refractivity contribution in [2.75, 3.05) is 6.54 Å². The molecular weight excluding hydrogens is 431 g/mol. The van der Waals surface area contributed by atoms with E-state index in [-0.39, 0.29) is 17.4 Å². The van der Waals surface area contributed by atoms with E-state index in [1.54, 1.807) is 12.1 Å². The number of benzene rings is 2. The molecule has 2 heterocycles. The number of carboxylic acids is 1. The van der Waals surface area contributed by atoms with Crippen LogP contribution in [0.5, 0.6) is 0 Å². The first kappa shape index (κ1) is 22.3. The summed E-state index contributed by atoms with van der Waals surface area (Å²) in [6.07, 6.45) is 3.41. The number of hydrogen-bond acceptors (Lipinski definition) is 2. The Kier molecular flexibility index (Phi) is 6.80. The summed E-state index contributed by atoms with van der Waals surface area (Å²) >= 11 is 6.00. The molecule has 5 nitrogen and oxygen atoms in total. The molecule has 32 heavy (non-hydrogen) atoms.